The highest BCUT2D eigenvalue weighted by Gasteiger charge is 2.37. The normalized spacial score (nSPS) is 14.9. The fourth-order valence-electron chi connectivity index (χ4n) is 2.24. The number of nitrogens with zero attached hydrogens (tertiary/aromatic N) is 3. The van der Waals surface area contributed by atoms with Crippen molar-refractivity contribution >= 4 is 21.8 Å². The molecule has 1 amide bonds. The highest BCUT2D eigenvalue weighted by Crippen LogP contribution is 2.34. The van der Waals surface area contributed by atoms with Crippen molar-refractivity contribution in [3.63, 3.8) is 0 Å². The lowest BCUT2D eigenvalue weighted by molar-refractivity contribution is -0.117. The molecule has 0 radical (unpaired) electrons. The topological polar surface area (TPSA) is 123 Å². The van der Waals surface area contributed by atoms with Crippen LogP contribution in [-0.2, 0) is 15.0 Å². The first-order valence-corrected chi connectivity index (χ1v) is 8.48. The van der Waals surface area contributed by atoms with Gasteiger partial charge >= 0.3 is 10.2 Å². The number of hydrogen-bond acceptors (Lipinski definition) is 6. The number of amides is 1. The van der Waals surface area contributed by atoms with Crippen molar-refractivity contribution in [1.29, 1.82) is 5.26 Å². The number of hydrogen-bond donors (Lipinski definition) is 2. The van der Waals surface area contributed by atoms with E-state index < -0.39 is 39.9 Å². The van der Waals surface area contributed by atoms with E-state index in [0.29, 0.717) is 9.87 Å². The first-order valence-electron chi connectivity index (χ1n) is 7.04. The molecular formula is C16H9FN4O4S. The van der Waals surface area contributed by atoms with Crippen LogP contribution in [0.25, 0.3) is 0 Å². The predicted molar refractivity (Wildman–Crippen MR) is 87.4 cm³/mol. The van der Waals surface area contributed by atoms with E-state index in [4.69, 9.17) is 5.26 Å². The molecule has 3 rings (SSSR count). The lowest BCUT2D eigenvalue weighted by Gasteiger charge is -2.17. The van der Waals surface area contributed by atoms with Crippen LogP contribution in [0.2, 0.25) is 0 Å². The van der Waals surface area contributed by atoms with E-state index >= 15 is 0 Å². The molecule has 0 bridgehead atoms. The number of pyridine rings is 1. The quantitative estimate of drug-likeness (QED) is 0.698. The molecule has 1 aromatic carbocycles. The number of benzene rings is 1. The zero-order valence-electron chi connectivity index (χ0n) is 12.9. The van der Waals surface area contributed by atoms with Crippen molar-refractivity contribution < 1.29 is 22.7 Å². The molecule has 1 aliphatic rings. The average molecular weight is 372 g/mol. The number of nitriles is 1. The summed E-state index contributed by atoms with van der Waals surface area (Å²) in [6, 6.07) is 5.59. The third kappa shape index (κ3) is 3.14. The Labute approximate surface area is 147 Å². The van der Waals surface area contributed by atoms with Crippen molar-refractivity contribution in [2.75, 3.05) is 10.8 Å². The number of aromatic nitrogens is 1. The van der Waals surface area contributed by atoms with Crippen LogP contribution in [0.3, 0.4) is 0 Å². The summed E-state index contributed by atoms with van der Waals surface area (Å²) < 4.78 is 40.6. The summed E-state index contributed by atoms with van der Waals surface area (Å²) in [5.41, 5.74) is -0.242. The lowest BCUT2D eigenvalue weighted by Crippen LogP contribution is -2.30. The Bertz CT molecular complexity index is 1130. The molecule has 2 N–H and O–H groups in total. The van der Waals surface area contributed by atoms with Crippen LogP contribution >= 0.6 is 0 Å². The second kappa shape index (κ2) is 6.35. The van der Waals surface area contributed by atoms with Gasteiger partial charge in [-0.15, -0.1) is 0 Å². The van der Waals surface area contributed by atoms with E-state index in [9.17, 15) is 22.7 Å². The van der Waals surface area contributed by atoms with Gasteiger partial charge in [0.15, 0.2) is 5.82 Å². The monoisotopic (exact) mass is 372 g/mol. The molecule has 1 aliphatic heterocycles. The highest BCUT2D eigenvalue weighted by atomic mass is 32.2. The minimum Gasteiger partial charge on any atom is -0.506 e. The average Bonchev–Trinajstić information content (AvgIpc) is 2.86. The van der Waals surface area contributed by atoms with Crippen LogP contribution in [-0.4, -0.2) is 31.0 Å². The third-order valence-corrected chi connectivity index (χ3v) is 4.75. The Balaban J connectivity index is 2.06. The summed E-state index contributed by atoms with van der Waals surface area (Å²) in [5, 5.41) is 18.7. The van der Waals surface area contributed by atoms with Gasteiger partial charge in [-0.3, -0.25) is 9.78 Å². The van der Waals surface area contributed by atoms with Gasteiger partial charge in [0.05, 0.1) is 11.1 Å². The van der Waals surface area contributed by atoms with E-state index in [-0.39, 0.29) is 11.1 Å². The summed E-state index contributed by atoms with van der Waals surface area (Å²) in [5.74, 6) is 2.51. The number of phenols is 1. The molecule has 26 heavy (non-hydrogen) atoms. The van der Waals surface area contributed by atoms with Gasteiger partial charge in [-0.25, -0.2) is 13.4 Å². The van der Waals surface area contributed by atoms with Gasteiger partial charge < -0.3 is 5.11 Å². The summed E-state index contributed by atoms with van der Waals surface area (Å²) in [7, 11) is -4.29. The van der Waals surface area contributed by atoms with Gasteiger partial charge in [0.2, 0.25) is 0 Å². The second-order valence-corrected chi connectivity index (χ2v) is 6.75. The molecule has 0 spiro atoms. The Morgan fingerprint density at radius 2 is 2.00 bits per heavy atom. The molecule has 1 aromatic heterocycles. The van der Waals surface area contributed by atoms with Crippen molar-refractivity contribution in [2.45, 2.75) is 0 Å². The molecule has 1 fully saturated rings. The Hall–Kier alpha value is -3.63. The van der Waals surface area contributed by atoms with Crippen molar-refractivity contribution in [1.82, 2.24) is 9.71 Å². The molecule has 1 saturated heterocycles. The SMILES string of the molecule is N#Cc1cncc(C#Cc2ccc(O)c(N3CC(=O)NS3(=O)=O)c2F)c1. The van der Waals surface area contributed by atoms with Crippen molar-refractivity contribution in [3.05, 3.63) is 53.1 Å². The van der Waals surface area contributed by atoms with E-state index in [1.807, 2.05) is 6.07 Å². The number of nitrogens with one attached hydrogen (secondary N) is 1. The van der Waals surface area contributed by atoms with Crippen LogP contribution in [0.5, 0.6) is 5.75 Å². The fraction of sp³-hybridized carbons (Fsp3) is 0.0625. The Kier molecular flexibility index (Phi) is 4.20. The molecular weight excluding hydrogens is 363 g/mol. The van der Waals surface area contributed by atoms with Crippen LogP contribution in [0.15, 0.2) is 30.6 Å². The molecule has 2 aromatic rings. The third-order valence-electron chi connectivity index (χ3n) is 3.37. The summed E-state index contributed by atoms with van der Waals surface area (Å²) in [4.78, 5) is 15.1. The molecule has 0 saturated carbocycles. The van der Waals surface area contributed by atoms with E-state index in [0.717, 1.165) is 6.07 Å². The minimum absolute atomic E-state index is 0.199. The number of phenolic OH excluding ortho intramolecular Hbond substituents is 1. The number of anilines is 1. The smallest absolute Gasteiger partial charge is 0.326 e. The fourth-order valence-corrected chi connectivity index (χ4v) is 3.41. The summed E-state index contributed by atoms with van der Waals surface area (Å²) in [6.07, 6.45) is 2.72. The molecule has 2 heterocycles. The number of aromatic hydroxyl groups is 1. The van der Waals surface area contributed by atoms with E-state index in [2.05, 4.69) is 16.8 Å². The van der Waals surface area contributed by atoms with Crippen LogP contribution in [0.4, 0.5) is 10.1 Å². The summed E-state index contributed by atoms with van der Waals surface area (Å²) in [6.45, 7) is -0.655. The lowest BCUT2D eigenvalue weighted by atomic mass is 10.1. The van der Waals surface area contributed by atoms with Gasteiger partial charge in [-0.1, -0.05) is 11.8 Å². The number of rotatable bonds is 1. The van der Waals surface area contributed by atoms with Gasteiger partial charge in [0.25, 0.3) is 5.91 Å². The Morgan fingerprint density at radius 3 is 2.65 bits per heavy atom. The van der Waals surface area contributed by atoms with Crippen molar-refractivity contribution in [2.24, 2.45) is 0 Å². The largest absolute Gasteiger partial charge is 0.506 e. The maximum absolute atomic E-state index is 14.7. The highest BCUT2D eigenvalue weighted by molar-refractivity contribution is 7.92. The molecule has 0 aliphatic carbocycles. The number of carbonyl (C=O) groups excluding carboxylic acids is 1. The summed E-state index contributed by atoms with van der Waals surface area (Å²) >= 11 is 0. The molecule has 0 atom stereocenters. The van der Waals surface area contributed by atoms with Gasteiger partial charge in [0, 0.05) is 18.0 Å². The van der Waals surface area contributed by atoms with Gasteiger partial charge in [0.1, 0.15) is 24.1 Å². The number of halogens is 1. The first kappa shape index (κ1) is 17.2. The van der Waals surface area contributed by atoms with Crippen molar-refractivity contribution in [3.8, 4) is 23.7 Å². The molecule has 10 heteroatoms. The standard InChI is InChI=1S/C16H9FN4O4S/c17-15-12(2-1-10-5-11(6-18)8-19-7-10)3-4-13(22)16(15)21-9-14(23)20-26(21,24)25/h3-5,7-8,22H,9H2,(H,20,23). The van der Waals surface area contributed by atoms with Gasteiger partial charge in [-0.05, 0) is 18.2 Å². The van der Waals surface area contributed by atoms with Crippen LogP contribution in [0, 0.1) is 29.0 Å². The maximum Gasteiger partial charge on any atom is 0.326 e. The minimum atomic E-state index is -4.29. The first-order chi connectivity index (χ1) is 12.3. The zero-order valence-corrected chi connectivity index (χ0v) is 13.7. The number of carbonyl (C=O) groups is 1. The second-order valence-electron chi connectivity index (χ2n) is 5.16. The zero-order chi connectivity index (χ0) is 18.9. The van der Waals surface area contributed by atoms with Crippen LogP contribution in [0.1, 0.15) is 16.7 Å². The maximum atomic E-state index is 14.7. The molecule has 130 valence electrons. The van der Waals surface area contributed by atoms with Crippen LogP contribution < -0.4 is 9.03 Å². The van der Waals surface area contributed by atoms with E-state index in [1.165, 1.54) is 24.5 Å². The molecule has 8 nitrogen and oxygen atoms in total. The molecule has 0 unspecified atom stereocenters. The van der Waals surface area contributed by atoms with E-state index in [1.54, 1.807) is 4.72 Å². The Morgan fingerprint density at radius 1 is 1.27 bits per heavy atom. The predicted octanol–water partition coefficient (Wildman–Crippen LogP) is 0.379. The van der Waals surface area contributed by atoms with Gasteiger partial charge in [-0.2, -0.15) is 13.7 Å².